The summed E-state index contributed by atoms with van der Waals surface area (Å²) >= 11 is 0. The van der Waals surface area contributed by atoms with E-state index in [-0.39, 0.29) is 5.97 Å². The molecule has 0 N–H and O–H groups in total. The Morgan fingerprint density at radius 1 is 0.900 bits per heavy atom. The van der Waals surface area contributed by atoms with Gasteiger partial charge in [0, 0.05) is 0 Å². The Kier molecular flexibility index (Phi) is 4.23. The molecule has 0 saturated heterocycles. The Bertz CT molecular complexity index is 586. The van der Waals surface area contributed by atoms with Crippen LogP contribution >= 0.6 is 0 Å². The maximum Gasteiger partial charge on any atom is 0.315 e. The highest BCUT2D eigenvalue weighted by molar-refractivity contribution is 5.76. The van der Waals surface area contributed by atoms with Crippen LogP contribution in [0.5, 0.6) is 5.75 Å². The first-order valence-corrected chi connectivity index (χ1v) is 6.80. The van der Waals surface area contributed by atoms with Gasteiger partial charge in [0.15, 0.2) is 0 Å². The molecule has 2 nitrogen and oxygen atoms in total. The van der Waals surface area contributed by atoms with Crippen LogP contribution in [-0.2, 0) is 11.2 Å². The average molecular weight is 268 g/mol. The molecule has 2 aromatic rings. The predicted octanol–water partition coefficient (Wildman–Crippen LogP) is 4.07. The fourth-order valence-corrected chi connectivity index (χ4v) is 2.27. The summed E-state index contributed by atoms with van der Waals surface area (Å²) in [5.74, 6) is 0.425. The van der Waals surface area contributed by atoms with Crippen LogP contribution in [-0.4, -0.2) is 5.97 Å². The van der Waals surface area contributed by atoms with Crippen LogP contribution in [0.3, 0.4) is 0 Å². The topological polar surface area (TPSA) is 26.3 Å². The van der Waals surface area contributed by atoms with Gasteiger partial charge in [0.2, 0.25) is 0 Å². The van der Waals surface area contributed by atoms with Crippen LogP contribution in [0.1, 0.15) is 27.8 Å². The van der Waals surface area contributed by atoms with E-state index in [1.165, 1.54) is 5.56 Å². The molecule has 0 spiro atoms. The molecule has 0 heterocycles. The van der Waals surface area contributed by atoms with Crippen molar-refractivity contribution in [2.75, 3.05) is 0 Å². The van der Waals surface area contributed by atoms with Gasteiger partial charge >= 0.3 is 5.97 Å². The van der Waals surface area contributed by atoms with E-state index in [2.05, 4.69) is 6.07 Å². The largest absolute Gasteiger partial charge is 0.426 e. The zero-order valence-corrected chi connectivity index (χ0v) is 12.5. The zero-order chi connectivity index (χ0) is 14.7. The molecule has 0 amide bonds. The lowest BCUT2D eigenvalue weighted by atomic mass is 10.0. The van der Waals surface area contributed by atoms with Crippen LogP contribution in [0.25, 0.3) is 0 Å². The average Bonchev–Trinajstić information content (AvgIpc) is 2.36. The monoisotopic (exact) mass is 268 g/mol. The standard InChI is InChI=1S/C18H20O2/c1-12-5-7-16(14(3)9-12)11-18(19)20-17-8-6-13(2)10-15(17)4/h5-10H,11H2,1-4H3. The molecule has 0 bridgehead atoms. The molecular formula is C18H20O2. The normalized spacial score (nSPS) is 10.4. The maximum absolute atomic E-state index is 12.0. The fraction of sp³-hybridized carbons (Fsp3) is 0.278. The highest BCUT2D eigenvalue weighted by atomic mass is 16.5. The second-order valence-electron chi connectivity index (χ2n) is 5.35. The second kappa shape index (κ2) is 5.91. The number of benzene rings is 2. The molecule has 0 saturated carbocycles. The molecule has 0 aliphatic carbocycles. The number of rotatable bonds is 3. The summed E-state index contributed by atoms with van der Waals surface area (Å²) < 4.78 is 5.45. The van der Waals surface area contributed by atoms with Crippen LogP contribution in [0.4, 0.5) is 0 Å². The molecule has 0 unspecified atom stereocenters. The number of ether oxygens (including phenoxy) is 1. The molecule has 20 heavy (non-hydrogen) atoms. The van der Waals surface area contributed by atoms with Crippen molar-refractivity contribution in [2.45, 2.75) is 34.1 Å². The van der Waals surface area contributed by atoms with Gasteiger partial charge in [-0.2, -0.15) is 0 Å². The highest BCUT2D eigenvalue weighted by Crippen LogP contribution is 2.20. The van der Waals surface area contributed by atoms with Crippen molar-refractivity contribution in [3.8, 4) is 5.75 Å². The van der Waals surface area contributed by atoms with E-state index in [4.69, 9.17) is 4.74 Å². The van der Waals surface area contributed by atoms with Crippen LogP contribution in [0.15, 0.2) is 36.4 Å². The summed E-state index contributed by atoms with van der Waals surface area (Å²) in [5, 5.41) is 0. The molecular weight excluding hydrogens is 248 g/mol. The molecule has 0 atom stereocenters. The highest BCUT2D eigenvalue weighted by Gasteiger charge is 2.10. The lowest BCUT2D eigenvalue weighted by molar-refractivity contribution is -0.133. The number of carbonyl (C=O) groups is 1. The molecule has 2 aromatic carbocycles. The predicted molar refractivity (Wildman–Crippen MR) is 81.2 cm³/mol. The molecule has 2 rings (SSSR count). The Hall–Kier alpha value is -2.09. The Labute approximate surface area is 120 Å². The number of hydrogen-bond donors (Lipinski definition) is 0. The first-order valence-electron chi connectivity index (χ1n) is 6.80. The molecule has 0 aromatic heterocycles. The van der Waals surface area contributed by atoms with Gasteiger partial charge in [-0.3, -0.25) is 4.79 Å². The Morgan fingerprint density at radius 2 is 1.50 bits per heavy atom. The van der Waals surface area contributed by atoms with Crippen LogP contribution in [0.2, 0.25) is 0 Å². The van der Waals surface area contributed by atoms with E-state index in [1.807, 2.05) is 58.0 Å². The molecule has 0 fully saturated rings. The van der Waals surface area contributed by atoms with E-state index in [0.717, 1.165) is 22.3 Å². The third kappa shape index (κ3) is 3.47. The minimum atomic E-state index is -0.219. The molecule has 0 aliphatic heterocycles. The smallest absolute Gasteiger partial charge is 0.315 e. The van der Waals surface area contributed by atoms with E-state index in [1.54, 1.807) is 0 Å². The van der Waals surface area contributed by atoms with E-state index in [0.29, 0.717) is 12.2 Å². The Balaban J connectivity index is 2.09. The quantitative estimate of drug-likeness (QED) is 0.619. The summed E-state index contributed by atoms with van der Waals surface area (Å²) in [4.78, 5) is 12.0. The zero-order valence-electron chi connectivity index (χ0n) is 12.5. The van der Waals surface area contributed by atoms with Gasteiger partial charge in [0.05, 0.1) is 6.42 Å². The summed E-state index contributed by atoms with van der Waals surface area (Å²) in [5.41, 5.74) is 5.50. The third-order valence-corrected chi connectivity index (χ3v) is 3.39. The van der Waals surface area contributed by atoms with Crippen molar-refractivity contribution in [2.24, 2.45) is 0 Å². The third-order valence-electron chi connectivity index (χ3n) is 3.39. The lowest BCUT2D eigenvalue weighted by Gasteiger charge is -2.09. The summed E-state index contributed by atoms with van der Waals surface area (Å²) in [6, 6.07) is 11.9. The minimum absolute atomic E-state index is 0.219. The van der Waals surface area contributed by atoms with Crippen LogP contribution in [0, 0.1) is 27.7 Å². The first-order chi connectivity index (χ1) is 9.45. The molecule has 104 valence electrons. The van der Waals surface area contributed by atoms with Gasteiger partial charge in [-0.25, -0.2) is 0 Å². The molecule has 0 radical (unpaired) electrons. The number of esters is 1. The van der Waals surface area contributed by atoms with Crippen molar-refractivity contribution in [1.29, 1.82) is 0 Å². The number of hydrogen-bond acceptors (Lipinski definition) is 2. The Morgan fingerprint density at radius 3 is 2.10 bits per heavy atom. The number of aryl methyl sites for hydroxylation is 4. The van der Waals surface area contributed by atoms with Gasteiger partial charge in [0.1, 0.15) is 5.75 Å². The van der Waals surface area contributed by atoms with Crippen molar-refractivity contribution >= 4 is 5.97 Å². The fourth-order valence-electron chi connectivity index (χ4n) is 2.27. The maximum atomic E-state index is 12.0. The van der Waals surface area contributed by atoms with Gasteiger partial charge < -0.3 is 4.74 Å². The van der Waals surface area contributed by atoms with Crippen LogP contribution < -0.4 is 4.74 Å². The lowest BCUT2D eigenvalue weighted by Crippen LogP contribution is -2.12. The van der Waals surface area contributed by atoms with Gasteiger partial charge in [-0.1, -0.05) is 41.5 Å². The van der Waals surface area contributed by atoms with Crippen molar-refractivity contribution < 1.29 is 9.53 Å². The SMILES string of the molecule is Cc1ccc(CC(=O)Oc2ccc(C)cc2C)c(C)c1. The molecule has 0 aliphatic rings. The summed E-state index contributed by atoms with van der Waals surface area (Å²) in [6.07, 6.45) is 0.305. The van der Waals surface area contributed by atoms with Gasteiger partial charge in [-0.05, 0) is 50.5 Å². The van der Waals surface area contributed by atoms with Gasteiger partial charge in [0.25, 0.3) is 0 Å². The van der Waals surface area contributed by atoms with Crippen molar-refractivity contribution in [3.63, 3.8) is 0 Å². The molecule has 2 heteroatoms. The van der Waals surface area contributed by atoms with Gasteiger partial charge in [-0.15, -0.1) is 0 Å². The second-order valence-corrected chi connectivity index (χ2v) is 5.35. The first kappa shape index (κ1) is 14.3. The van der Waals surface area contributed by atoms with Crippen molar-refractivity contribution in [1.82, 2.24) is 0 Å². The summed E-state index contributed by atoms with van der Waals surface area (Å²) in [7, 11) is 0. The van der Waals surface area contributed by atoms with E-state index < -0.39 is 0 Å². The van der Waals surface area contributed by atoms with E-state index in [9.17, 15) is 4.79 Å². The summed E-state index contributed by atoms with van der Waals surface area (Å²) in [6.45, 7) is 8.04. The minimum Gasteiger partial charge on any atom is -0.426 e. The number of carbonyl (C=O) groups excluding carboxylic acids is 1. The van der Waals surface area contributed by atoms with E-state index >= 15 is 0 Å². The van der Waals surface area contributed by atoms with Crippen molar-refractivity contribution in [3.05, 3.63) is 64.2 Å².